The Balaban J connectivity index is 1.87. The maximum Gasteiger partial charge on any atom is 0.248 e. The molecule has 2 aromatic carbocycles. The van der Waals surface area contributed by atoms with E-state index in [2.05, 4.69) is 15.4 Å². The van der Waals surface area contributed by atoms with Crippen LogP contribution in [0.25, 0.3) is 11.4 Å². The Morgan fingerprint density at radius 1 is 1.08 bits per heavy atom. The van der Waals surface area contributed by atoms with Crippen LogP contribution in [0, 0.1) is 6.92 Å². The molecule has 1 unspecified atom stereocenters. The van der Waals surface area contributed by atoms with Crippen molar-refractivity contribution in [1.29, 1.82) is 0 Å². The Morgan fingerprint density at radius 3 is 2.42 bits per heavy atom. The van der Waals surface area contributed by atoms with Crippen molar-refractivity contribution in [2.75, 3.05) is 5.32 Å². The first-order valence-corrected chi connectivity index (χ1v) is 8.40. The lowest BCUT2D eigenvalue weighted by Gasteiger charge is -2.27. The number of fused-ring (bicyclic) bond motifs is 1. The van der Waals surface area contributed by atoms with Crippen molar-refractivity contribution >= 4 is 11.9 Å². The number of aromatic nitrogens is 3. The molecule has 0 aliphatic carbocycles. The van der Waals surface area contributed by atoms with Crippen LogP contribution >= 0.6 is 0 Å². The predicted molar refractivity (Wildman–Crippen MR) is 100 cm³/mol. The van der Waals surface area contributed by atoms with Crippen molar-refractivity contribution in [2.45, 2.75) is 19.9 Å². The molecule has 1 atom stereocenters. The van der Waals surface area contributed by atoms with Crippen LogP contribution in [-0.4, -0.2) is 20.7 Å². The first-order chi connectivity index (χ1) is 12.5. The van der Waals surface area contributed by atoms with Gasteiger partial charge in [-0.05, 0) is 19.4 Å². The summed E-state index contributed by atoms with van der Waals surface area (Å²) in [6.07, 6.45) is 0. The molecule has 2 heterocycles. The number of benzene rings is 2. The molecule has 0 bridgehead atoms. The molecule has 0 fully saturated rings. The second-order valence-corrected chi connectivity index (χ2v) is 6.41. The number of allylic oxidation sites excluding steroid dienone is 1. The van der Waals surface area contributed by atoms with E-state index in [0.29, 0.717) is 23.0 Å². The molecule has 6 heteroatoms. The number of hydrogen-bond donors (Lipinski definition) is 2. The largest absolute Gasteiger partial charge is 0.366 e. The molecule has 1 aromatic heterocycles. The molecule has 3 aromatic rings. The van der Waals surface area contributed by atoms with Gasteiger partial charge in [0.05, 0.1) is 5.57 Å². The molecule has 0 saturated carbocycles. The molecule has 1 amide bonds. The summed E-state index contributed by atoms with van der Waals surface area (Å²) in [4.78, 5) is 16.8. The highest BCUT2D eigenvalue weighted by Crippen LogP contribution is 2.35. The molecule has 1 aliphatic heterocycles. The minimum Gasteiger partial charge on any atom is -0.366 e. The minimum absolute atomic E-state index is 0.406. The first-order valence-electron chi connectivity index (χ1n) is 8.40. The van der Waals surface area contributed by atoms with Gasteiger partial charge in [0.1, 0.15) is 6.04 Å². The summed E-state index contributed by atoms with van der Waals surface area (Å²) in [7, 11) is 0. The number of carbonyl (C=O) groups is 1. The SMILES string of the molecule is CC1=C(C(N)=O)C(c2ccccc2)n2nc(-c3ccc(C)cc3)nc2N1. The average molecular weight is 345 g/mol. The molecule has 6 nitrogen and oxygen atoms in total. The molecule has 26 heavy (non-hydrogen) atoms. The zero-order valence-corrected chi connectivity index (χ0v) is 14.6. The Morgan fingerprint density at radius 2 is 1.77 bits per heavy atom. The summed E-state index contributed by atoms with van der Waals surface area (Å²) < 4.78 is 1.73. The maximum absolute atomic E-state index is 12.1. The summed E-state index contributed by atoms with van der Waals surface area (Å²) in [5.74, 6) is 0.728. The zero-order chi connectivity index (χ0) is 18.3. The second kappa shape index (κ2) is 6.15. The van der Waals surface area contributed by atoms with E-state index in [1.54, 1.807) is 4.68 Å². The van der Waals surface area contributed by atoms with Crippen LogP contribution in [0.15, 0.2) is 65.9 Å². The molecule has 4 rings (SSSR count). The Labute approximate surface area is 151 Å². The number of nitrogens with two attached hydrogens (primary N) is 1. The van der Waals surface area contributed by atoms with E-state index < -0.39 is 11.9 Å². The molecule has 130 valence electrons. The number of aryl methyl sites for hydroxylation is 1. The summed E-state index contributed by atoms with van der Waals surface area (Å²) >= 11 is 0. The fraction of sp³-hybridized carbons (Fsp3) is 0.150. The fourth-order valence-corrected chi connectivity index (χ4v) is 3.24. The molecule has 0 spiro atoms. The number of primary amides is 1. The molecule has 3 N–H and O–H groups in total. The number of carbonyl (C=O) groups excluding carboxylic acids is 1. The van der Waals surface area contributed by atoms with Crippen molar-refractivity contribution in [3.63, 3.8) is 0 Å². The minimum atomic E-state index is -0.470. The Kier molecular flexibility index (Phi) is 3.80. The predicted octanol–water partition coefficient (Wildman–Crippen LogP) is 3.03. The lowest BCUT2D eigenvalue weighted by molar-refractivity contribution is -0.115. The van der Waals surface area contributed by atoms with Crippen LogP contribution in [0.1, 0.15) is 24.1 Å². The van der Waals surface area contributed by atoms with E-state index in [9.17, 15) is 4.79 Å². The highest BCUT2D eigenvalue weighted by Gasteiger charge is 2.33. The highest BCUT2D eigenvalue weighted by molar-refractivity contribution is 5.95. The van der Waals surface area contributed by atoms with Crippen molar-refractivity contribution in [1.82, 2.24) is 14.8 Å². The van der Waals surface area contributed by atoms with Crippen LogP contribution < -0.4 is 11.1 Å². The number of rotatable bonds is 3. The quantitative estimate of drug-likeness (QED) is 0.764. The molecular formula is C20H19N5O. The van der Waals surface area contributed by atoms with Crippen molar-refractivity contribution in [3.8, 4) is 11.4 Å². The topological polar surface area (TPSA) is 85.8 Å². The number of nitrogens with zero attached hydrogens (tertiary/aromatic N) is 3. The number of nitrogens with one attached hydrogen (secondary N) is 1. The van der Waals surface area contributed by atoms with Gasteiger partial charge in [-0.15, -0.1) is 5.10 Å². The van der Waals surface area contributed by atoms with E-state index >= 15 is 0 Å². The van der Waals surface area contributed by atoms with Gasteiger partial charge in [0.2, 0.25) is 11.9 Å². The summed E-state index contributed by atoms with van der Waals surface area (Å²) in [5, 5.41) is 7.84. The first kappa shape index (κ1) is 16.1. The monoisotopic (exact) mass is 345 g/mol. The van der Waals surface area contributed by atoms with Gasteiger partial charge in [0, 0.05) is 11.3 Å². The summed E-state index contributed by atoms with van der Waals surface area (Å²) in [6, 6.07) is 17.3. The average Bonchev–Trinajstić information content (AvgIpc) is 3.05. The zero-order valence-electron chi connectivity index (χ0n) is 14.6. The van der Waals surface area contributed by atoms with Gasteiger partial charge in [0.15, 0.2) is 5.82 Å². The Bertz CT molecular complexity index is 1000. The van der Waals surface area contributed by atoms with Crippen LogP contribution in [0.5, 0.6) is 0 Å². The number of anilines is 1. The summed E-state index contributed by atoms with van der Waals surface area (Å²) in [5.41, 5.74) is 9.89. The van der Waals surface area contributed by atoms with Crippen LogP contribution in [-0.2, 0) is 4.79 Å². The second-order valence-electron chi connectivity index (χ2n) is 6.41. The number of hydrogen-bond acceptors (Lipinski definition) is 4. The van der Waals surface area contributed by atoms with Gasteiger partial charge in [-0.3, -0.25) is 4.79 Å². The van der Waals surface area contributed by atoms with Crippen LogP contribution in [0.4, 0.5) is 5.95 Å². The smallest absolute Gasteiger partial charge is 0.248 e. The summed E-state index contributed by atoms with van der Waals surface area (Å²) in [6.45, 7) is 3.87. The third kappa shape index (κ3) is 2.65. The fourth-order valence-electron chi connectivity index (χ4n) is 3.24. The van der Waals surface area contributed by atoms with Gasteiger partial charge in [-0.25, -0.2) is 4.68 Å². The molecule has 0 radical (unpaired) electrons. The third-order valence-corrected chi connectivity index (χ3v) is 4.54. The van der Waals surface area contributed by atoms with E-state index in [0.717, 1.165) is 11.1 Å². The standard InChI is InChI=1S/C20H19N5O/c1-12-8-10-15(11-9-12)19-23-20-22-13(2)16(18(21)26)17(25(20)24-19)14-6-4-3-5-7-14/h3-11,17H,1-2H3,(H2,21,26)(H,22,23,24). The molecule has 0 saturated heterocycles. The van der Waals surface area contributed by atoms with Gasteiger partial charge in [-0.2, -0.15) is 4.98 Å². The van der Waals surface area contributed by atoms with Crippen LogP contribution in [0.2, 0.25) is 0 Å². The highest BCUT2D eigenvalue weighted by atomic mass is 16.1. The van der Waals surface area contributed by atoms with E-state index in [1.165, 1.54) is 5.56 Å². The van der Waals surface area contributed by atoms with Gasteiger partial charge >= 0.3 is 0 Å². The van der Waals surface area contributed by atoms with Crippen molar-refractivity contribution < 1.29 is 4.79 Å². The Hall–Kier alpha value is -3.41. The van der Waals surface area contributed by atoms with Gasteiger partial charge < -0.3 is 11.1 Å². The van der Waals surface area contributed by atoms with Crippen molar-refractivity contribution in [2.24, 2.45) is 5.73 Å². The van der Waals surface area contributed by atoms with Gasteiger partial charge in [0.25, 0.3) is 0 Å². The lowest BCUT2D eigenvalue weighted by atomic mass is 9.95. The lowest BCUT2D eigenvalue weighted by Crippen LogP contribution is -2.31. The van der Waals surface area contributed by atoms with Crippen molar-refractivity contribution in [3.05, 3.63) is 77.0 Å². The van der Waals surface area contributed by atoms with Gasteiger partial charge in [-0.1, -0.05) is 60.2 Å². The van der Waals surface area contributed by atoms with E-state index in [-0.39, 0.29) is 0 Å². The molecule has 1 aliphatic rings. The molecular weight excluding hydrogens is 326 g/mol. The normalized spacial score (nSPS) is 16.2. The van der Waals surface area contributed by atoms with E-state index in [1.807, 2.05) is 68.4 Å². The third-order valence-electron chi connectivity index (χ3n) is 4.54. The van der Waals surface area contributed by atoms with Crippen LogP contribution in [0.3, 0.4) is 0 Å². The maximum atomic E-state index is 12.1. The number of amides is 1. The van der Waals surface area contributed by atoms with E-state index in [4.69, 9.17) is 5.73 Å².